The minimum absolute atomic E-state index is 0.0329. The molecule has 2 heterocycles. The molecule has 1 unspecified atom stereocenters. The SMILES string of the molecule is CCCCCOc1cccc(C2C(=C(O)c3ccc(Cl)cc3)C(=O)C(=O)N2c2nnc(SCc3ccc(C)cc3)s2)c1. The number of carbonyl (C=O) groups is 2. The zero-order chi connectivity index (χ0) is 29.6. The van der Waals surface area contributed by atoms with Gasteiger partial charge in [0.05, 0.1) is 18.2 Å². The Morgan fingerprint density at radius 1 is 1.05 bits per heavy atom. The largest absolute Gasteiger partial charge is 0.507 e. The quantitative estimate of drug-likeness (QED) is 0.0454. The normalized spacial score (nSPS) is 16.3. The minimum atomic E-state index is -0.928. The Bertz CT molecular complexity index is 1600. The van der Waals surface area contributed by atoms with E-state index < -0.39 is 17.7 Å². The van der Waals surface area contributed by atoms with Crippen molar-refractivity contribution < 1.29 is 19.4 Å². The topological polar surface area (TPSA) is 92.6 Å². The Morgan fingerprint density at radius 2 is 1.81 bits per heavy atom. The number of rotatable bonds is 11. The van der Waals surface area contributed by atoms with Gasteiger partial charge in [0.2, 0.25) is 5.13 Å². The maximum absolute atomic E-state index is 13.5. The second kappa shape index (κ2) is 13.5. The fourth-order valence-electron chi connectivity index (χ4n) is 4.61. The van der Waals surface area contributed by atoms with Crippen LogP contribution in [0.1, 0.15) is 54.5 Å². The first-order valence-corrected chi connectivity index (χ1v) is 15.8. The molecule has 1 atom stereocenters. The highest BCUT2D eigenvalue weighted by atomic mass is 35.5. The number of hydrogen-bond acceptors (Lipinski definition) is 8. The molecule has 1 saturated heterocycles. The van der Waals surface area contributed by atoms with Crippen molar-refractivity contribution in [1.29, 1.82) is 0 Å². The Balaban J connectivity index is 1.51. The summed E-state index contributed by atoms with van der Waals surface area (Å²) >= 11 is 8.79. The van der Waals surface area contributed by atoms with E-state index in [9.17, 15) is 14.7 Å². The summed E-state index contributed by atoms with van der Waals surface area (Å²) in [4.78, 5) is 28.4. The number of aliphatic hydroxyl groups excluding tert-OH is 1. The highest BCUT2D eigenvalue weighted by Gasteiger charge is 2.48. The highest BCUT2D eigenvalue weighted by molar-refractivity contribution is 8.00. The van der Waals surface area contributed by atoms with Crippen LogP contribution in [0, 0.1) is 6.92 Å². The Kier molecular flexibility index (Phi) is 9.62. The van der Waals surface area contributed by atoms with Gasteiger partial charge in [0.1, 0.15) is 11.5 Å². The van der Waals surface area contributed by atoms with Gasteiger partial charge in [-0.25, -0.2) is 0 Å². The van der Waals surface area contributed by atoms with Gasteiger partial charge in [-0.15, -0.1) is 10.2 Å². The van der Waals surface area contributed by atoms with E-state index in [0.717, 1.165) is 24.8 Å². The first kappa shape index (κ1) is 29.8. The van der Waals surface area contributed by atoms with E-state index in [2.05, 4.69) is 41.4 Å². The molecule has 1 aliphatic rings. The number of aromatic nitrogens is 2. The first-order valence-electron chi connectivity index (χ1n) is 13.7. The molecule has 0 bridgehead atoms. The van der Waals surface area contributed by atoms with Crippen molar-refractivity contribution in [1.82, 2.24) is 10.2 Å². The third kappa shape index (κ3) is 6.69. The van der Waals surface area contributed by atoms with E-state index in [-0.39, 0.29) is 16.5 Å². The molecule has 1 aromatic heterocycles. The second-order valence-electron chi connectivity index (χ2n) is 9.93. The van der Waals surface area contributed by atoms with Gasteiger partial charge in [-0.2, -0.15) is 0 Å². The molecule has 216 valence electrons. The molecule has 42 heavy (non-hydrogen) atoms. The molecule has 1 aliphatic heterocycles. The lowest BCUT2D eigenvalue weighted by molar-refractivity contribution is -0.132. The zero-order valence-corrected chi connectivity index (χ0v) is 25.6. The lowest BCUT2D eigenvalue weighted by atomic mass is 9.95. The summed E-state index contributed by atoms with van der Waals surface area (Å²) in [6.45, 7) is 4.73. The summed E-state index contributed by atoms with van der Waals surface area (Å²) in [6, 6.07) is 21.1. The predicted molar refractivity (Wildman–Crippen MR) is 168 cm³/mol. The summed E-state index contributed by atoms with van der Waals surface area (Å²) in [6.07, 6.45) is 3.06. The zero-order valence-electron chi connectivity index (χ0n) is 23.2. The summed E-state index contributed by atoms with van der Waals surface area (Å²) < 4.78 is 6.64. The van der Waals surface area contributed by atoms with E-state index in [0.29, 0.717) is 38.6 Å². The monoisotopic (exact) mass is 619 g/mol. The van der Waals surface area contributed by atoms with Gasteiger partial charge in [-0.05, 0) is 60.9 Å². The number of hydrogen-bond donors (Lipinski definition) is 1. The number of aryl methyl sites for hydroxylation is 1. The molecule has 1 fully saturated rings. The maximum Gasteiger partial charge on any atom is 0.301 e. The summed E-state index contributed by atoms with van der Waals surface area (Å²) in [5.41, 5.74) is 3.28. The van der Waals surface area contributed by atoms with Gasteiger partial charge >= 0.3 is 5.91 Å². The van der Waals surface area contributed by atoms with Crippen LogP contribution in [0.5, 0.6) is 5.75 Å². The highest BCUT2D eigenvalue weighted by Crippen LogP contribution is 2.44. The molecule has 3 aromatic carbocycles. The molecule has 0 aliphatic carbocycles. The van der Waals surface area contributed by atoms with Gasteiger partial charge < -0.3 is 9.84 Å². The van der Waals surface area contributed by atoms with Crippen LogP contribution in [0.2, 0.25) is 5.02 Å². The van der Waals surface area contributed by atoms with E-state index in [1.165, 1.54) is 33.6 Å². The van der Waals surface area contributed by atoms with Crippen molar-refractivity contribution in [3.63, 3.8) is 0 Å². The summed E-state index contributed by atoms with van der Waals surface area (Å²) in [5.74, 6) is -0.565. The number of aliphatic hydroxyl groups is 1. The molecule has 1 amide bonds. The number of thioether (sulfide) groups is 1. The third-order valence-electron chi connectivity index (χ3n) is 6.84. The van der Waals surface area contributed by atoms with Crippen molar-refractivity contribution >= 4 is 57.3 Å². The molecule has 0 spiro atoms. The smallest absolute Gasteiger partial charge is 0.301 e. The van der Waals surface area contributed by atoms with Gasteiger partial charge in [-0.3, -0.25) is 14.5 Å². The Hall–Kier alpha value is -3.66. The van der Waals surface area contributed by atoms with E-state index in [1.807, 2.05) is 25.1 Å². The van der Waals surface area contributed by atoms with Crippen LogP contribution < -0.4 is 9.64 Å². The first-order chi connectivity index (χ1) is 20.4. The van der Waals surface area contributed by atoms with Crippen molar-refractivity contribution in [3.05, 3.63) is 106 Å². The molecule has 1 N–H and O–H groups in total. The molecule has 4 aromatic rings. The van der Waals surface area contributed by atoms with E-state index >= 15 is 0 Å². The predicted octanol–water partition coefficient (Wildman–Crippen LogP) is 7.99. The van der Waals surface area contributed by atoms with Gasteiger partial charge in [0, 0.05) is 16.3 Å². The maximum atomic E-state index is 13.5. The lowest BCUT2D eigenvalue weighted by Gasteiger charge is -2.23. The standard InChI is InChI=1S/C32H30ClN3O4S2/c1-3-4-5-17-40-25-8-6-7-23(18-25)27-26(28(37)22-13-15-24(33)16-14-22)29(38)30(39)36(27)31-34-35-32(42-31)41-19-21-11-9-20(2)10-12-21/h6-16,18,27,37H,3-5,17,19H2,1-2H3. The van der Waals surface area contributed by atoms with Crippen molar-refractivity contribution in [3.8, 4) is 5.75 Å². The number of carbonyl (C=O) groups excluding carboxylic acids is 2. The number of ether oxygens (including phenoxy) is 1. The minimum Gasteiger partial charge on any atom is -0.507 e. The molecular weight excluding hydrogens is 590 g/mol. The number of amides is 1. The Labute approximate surface area is 258 Å². The van der Waals surface area contributed by atoms with Gasteiger partial charge in [0.15, 0.2) is 4.34 Å². The average Bonchev–Trinajstić information content (AvgIpc) is 3.57. The van der Waals surface area contributed by atoms with Crippen LogP contribution in [0.3, 0.4) is 0 Å². The van der Waals surface area contributed by atoms with Crippen LogP contribution in [0.4, 0.5) is 5.13 Å². The summed E-state index contributed by atoms with van der Waals surface area (Å²) in [7, 11) is 0. The average molecular weight is 620 g/mol. The molecule has 0 radical (unpaired) electrons. The van der Waals surface area contributed by atoms with Crippen LogP contribution >= 0.6 is 34.7 Å². The molecule has 5 rings (SSSR count). The number of unbranched alkanes of at least 4 members (excludes halogenated alkanes) is 2. The van der Waals surface area contributed by atoms with Crippen LogP contribution in [0.15, 0.2) is 82.7 Å². The van der Waals surface area contributed by atoms with E-state index in [1.54, 1.807) is 30.3 Å². The number of anilines is 1. The number of ketones is 1. The molecule has 0 saturated carbocycles. The lowest BCUT2D eigenvalue weighted by Crippen LogP contribution is -2.29. The van der Waals surface area contributed by atoms with E-state index in [4.69, 9.17) is 16.3 Å². The van der Waals surface area contributed by atoms with Crippen molar-refractivity contribution in [2.75, 3.05) is 11.5 Å². The van der Waals surface area contributed by atoms with Crippen LogP contribution in [-0.2, 0) is 15.3 Å². The number of Topliss-reactive ketones (excluding diaryl/α,β-unsaturated/α-hetero) is 1. The van der Waals surface area contributed by atoms with Gasteiger partial charge in [0.25, 0.3) is 5.78 Å². The fraction of sp³-hybridized carbons (Fsp3) is 0.250. The van der Waals surface area contributed by atoms with Crippen molar-refractivity contribution in [2.45, 2.75) is 49.2 Å². The summed E-state index contributed by atoms with van der Waals surface area (Å²) in [5, 5.41) is 20.7. The third-order valence-corrected chi connectivity index (χ3v) is 9.22. The molecule has 7 nitrogen and oxygen atoms in total. The second-order valence-corrected chi connectivity index (χ2v) is 12.5. The van der Waals surface area contributed by atoms with Crippen LogP contribution in [-0.4, -0.2) is 33.6 Å². The molecular formula is C32H30ClN3O4S2. The Morgan fingerprint density at radius 3 is 2.55 bits per heavy atom. The molecule has 10 heteroatoms. The van der Waals surface area contributed by atoms with Crippen LogP contribution in [0.25, 0.3) is 5.76 Å². The fourth-order valence-corrected chi connectivity index (χ4v) is 6.56. The number of halogens is 1. The number of benzene rings is 3. The van der Waals surface area contributed by atoms with Gasteiger partial charge in [-0.1, -0.05) is 96.4 Å². The number of nitrogens with zero attached hydrogens (tertiary/aromatic N) is 3. The van der Waals surface area contributed by atoms with Crippen molar-refractivity contribution in [2.24, 2.45) is 0 Å².